The van der Waals surface area contributed by atoms with Crippen molar-refractivity contribution >= 4 is 23.4 Å². The van der Waals surface area contributed by atoms with Gasteiger partial charge in [-0.3, -0.25) is 9.59 Å². The second-order valence-corrected chi connectivity index (χ2v) is 4.29. The minimum absolute atomic E-state index is 0.111. The van der Waals surface area contributed by atoms with Gasteiger partial charge in [-0.25, -0.2) is 0 Å². The van der Waals surface area contributed by atoms with Crippen LogP contribution in [0.25, 0.3) is 0 Å². The highest BCUT2D eigenvalue weighted by atomic mass is 16.2. The van der Waals surface area contributed by atoms with Crippen LogP contribution in [-0.2, 0) is 19.2 Å². The van der Waals surface area contributed by atoms with Crippen LogP contribution in [0.3, 0.4) is 0 Å². The number of nitrogens with two attached hydrogens (primary N) is 1. The molecule has 2 amide bonds. The molecule has 0 saturated carbocycles. The van der Waals surface area contributed by atoms with Crippen molar-refractivity contribution in [1.29, 1.82) is 0 Å². The lowest BCUT2D eigenvalue weighted by Crippen LogP contribution is -2.27. The quantitative estimate of drug-likeness (QED) is 0.771. The minimum atomic E-state index is -0.481. The van der Waals surface area contributed by atoms with Gasteiger partial charge in [-0.15, -0.1) is 0 Å². The van der Waals surface area contributed by atoms with Crippen LogP contribution < -0.4 is 11.1 Å². The number of carbonyl (C=O) groups excluding carboxylic acids is 4. The summed E-state index contributed by atoms with van der Waals surface area (Å²) in [6, 6.07) is 0.209. The Balaban J connectivity index is -0.0000000970. The molecule has 0 aromatic carbocycles. The number of Topliss-reactive ketones (excluding diaryl/α,β-unsaturated/α-hetero) is 2. The highest BCUT2D eigenvalue weighted by molar-refractivity contribution is 5.87. The first kappa shape index (κ1) is 27.2. The van der Waals surface area contributed by atoms with E-state index in [1.807, 2.05) is 13.8 Å². The number of hydrogen-bond donors (Lipinski definition) is 2. The zero-order valence-corrected chi connectivity index (χ0v) is 13.9. The summed E-state index contributed by atoms with van der Waals surface area (Å²) >= 11 is 0. The van der Waals surface area contributed by atoms with Crippen LogP contribution in [-0.4, -0.2) is 29.4 Å². The van der Waals surface area contributed by atoms with E-state index < -0.39 is 5.91 Å². The monoisotopic (exact) mass is 300 g/mol. The molecule has 0 rings (SSSR count). The van der Waals surface area contributed by atoms with E-state index in [-0.39, 0.29) is 23.5 Å². The van der Waals surface area contributed by atoms with Crippen LogP contribution in [0.5, 0.6) is 0 Å². The summed E-state index contributed by atoms with van der Waals surface area (Å²) < 4.78 is 0. The van der Waals surface area contributed by atoms with Crippen LogP contribution in [0.1, 0.15) is 41.5 Å². The summed E-state index contributed by atoms with van der Waals surface area (Å²) in [6.45, 7) is 16.3. The largest absolute Gasteiger partial charge is 0.366 e. The maximum absolute atomic E-state index is 10.4. The van der Waals surface area contributed by atoms with Gasteiger partial charge >= 0.3 is 0 Å². The van der Waals surface area contributed by atoms with E-state index in [2.05, 4.69) is 24.2 Å². The Labute approximate surface area is 127 Å². The average Bonchev–Trinajstić information content (AvgIpc) is 2.27. The Morgan fingerprint density at radius 2 is 1.14 bits per heavy atom. The van der Waals surface area contributed by atoms with Crippen molar-refractivity contribution in [3.63, 3.8) is 0 Å². The van der Waals surface area contributed by atoms with Crippen LogP contribution in [0.2, 0.25) is 0 Å². The molecule has 0 unspecified atom stereocenters. The normalized spacial score (nSPS) is 7.38. The van der Waals surface area contributed by atoms with Gasteiger partial charge in [0.1, 0.15) is 11.6 Å². The van der Waals surface area contributed by atoms with Crippen molar-refractivity contribution in [3.05, 3.63) is 25.3 Å². The molecule has 0 saturated heterocycles. The molecule has 0 aliphatic heterocycles. The third kappa shape index (κ3) is 133. The molecular weight excluding hydrogens is 272 g/mol. The molecule has 3 N–H and O–H groups in total. The summed E-state index contributed by atoms with van der Waals surface area (Å²) in [5.74, 6) is -0.259. The molecular formula is C15H28N2O4. The van der Waals surface area contributed by atoms with Gasteiger partial charge in [0.15, 0.2) is 0 Å². The van der Waals surface area contributed by atoms with Crippen LogP contribution in [0.15, 0.2) is 25.3 Å². The number of nitrogens with one attached hydrogen (secondary N) is 1. The highest BCUT2D eigenvalue weighted by Crippen LogP contribution is 1.75. The fourth-order valence-corrected chi connectivity index (χ4v) is 0.343. The predicted octanol–water partition coefficient (Wildman–Crippen LogP) is 1.55. The smallest absolute Gasteiger partial charge is 0.243 e. The molecule has 6 nitrogen and oxygen atoms in total. The second-order valence-electron chi connectivity index (χ2n) is 4.29. The molecule has 0 aromatic rings. The fraction of sp³-hybridized carbons (Fsp3) is 0.467. The Morgan fingerprint density at radius 1 is 0.905 bits per heavy atom. The Bertz CT molecular complexity index is 328. The lowest BCUT2D eigenvalue weighted by Gasteiger charge is -2.02. The van der Waals surface area contributed by atoms with Gasteiger partial charge in [0.05, 0.1) is 0 Å². The molecule has 6 heteroatoms. The van der Waals surface area contributed by atoms with Crippen molar-refractivity contribution < 1.29 is 19.2 Å². The topological polar surface area (TPSA) is 106 Å². The van der Waals surface area contributed by atoms with E-state index in [1.54, 1.807) is 0 Å². The first-order chi connectivity index (χ1) is 9.40. The summed E-state index contributed by atoms with van der Waals surface area (Å²) in [5, 5.41) is 2.64. The number of ketones is 2. The fourth-order valence-electron chi connectivity index (χ4n) is 0.343. The van der Waals surface area contributed by atoms with Gasteiger partial charge in [0, 0.05) is 6.04 Å². The van der Waals surface area contributed by atoms with Crippen molar-refractivity contribution in [2.75, 3.05) is 0 Å². The molecule has 0 spiro atoms. The Hall–Kier alpha value is -2.24. The zero-order valence-electron chi connectivity index (χ0n) is 13.9. The molecule has 0 radical (unpaired) electrons. The molecule has 0 aromatic heterocycles. The molecule has 0 aliphatic carbocycles. The second kappa shape index (κ2) is 20.1. The number of amides is 2. The predicted molar refractivity (Wildman–Crippen MR) is 85.6 cm³/mol. The molecule has 0 atom stereocenters. The SMILES string of the molecule is C=CC(=O)NC(C)C.C=CC(N)=O.CC(C)=O.CC(C)=O. The van der Waals surface area contributed by atoms with Gasteiger partial charge in [0.25, 0.3) is 0 Å². The zero-order chi connectivity index (χ0) is 18.0. The first-order valence-electron chi connectivity index (χ1n) is 6.19. The third-order valence-electron chi connectivity index (χ3n) is 0.818. The minimum Gasteiger partial charge on any atom is -0.366 e. The summed E-state index contributed by atoms with van der Waals surface area (Å²) in [5.41, 5.74) is 4.53. The van der Waals surface area contributed by atoms with Gasteiger partial charge in [-0.05, 0) is 53.7 Å². The summed E-state index contributed by atoms with van der Waals surface area (Å²) in [4.78, 5) is 38.8. The number of rotatable bonds is 3. The maximum Gasteiger partial charge on any atom is 0.243 e. The standard InChI is InChI=1S/C6H11NO.C3H5NO.2C3H6O/c1-4-6(8)7-5(2)3;1-2-3(4)5;2*1-3(2)4/h4-5H,1H2,2-3H3,(H,7,8);2H,1H2,(H2,4,5);2*1-2H3. The molecule has 0 fully saturated rings. The van der Waals surface area contributed by atoms with E-state index in [0.29, 0.717) is 0 Å². The Kier molecular flexibility index (Phi) is 26.0. The maximum atomic E-state index is 10.4. The van der Waals surface area contributed by atoms with E-state index in [0.717, 1.165) is 6.08 Å². The van der Waals surface area contributed by atoms with Gasteiger partial charge < -0.3 is 20.6 Å². The molecule has 0 bridgehead atoms. The van der Waals surface area contributed by atoms with Gasteiger partial charge in [-0.2, -0.15) is 0 Å². The van der Waals surface area contributed by atoms with Crippen LogP contribution in [0, 0.1) is 0 Å². The van der Waals surface area contributed by atoms with Crippen molar-refractivity contribution in [2.45, 2.75) is 47.6 Å². The summed E-state index contributed by atoms with van der Waals surface area (Å²) in [7, 11) is 0. The van der Waals surface area contributed by atoms with Gasteiger partial charge in [0.2, 0.25) is 11.8 Å². The van der Waals surface area contributed by atoms with Crippen molar-refractivity contribution in [2.24, 2.45) is 5.73 Å². The average molecular weight is 300 g/mol. The molecule has 21 heavy (non-hydrogen) atoms. The lowest BCUT2D eigenvalue weighted by molar-refractivity contribution is -0.117. The van der Waals surface area contributed by atoms with E-state index in [1.165, 1.54) is 33.8 Å². The Morgan fingerprint density at radius 3 is 1.19 bits per heavy atom. The number of carbonyl (C=O) groups is 4. The van der Waals surface area contributed by atoms with E-state index in [4.69, 9.17) is 0 Å². The van der Waals surface area contributed by atoms with Gasteiger partial charge in [-0.1, -0.05) is 13.2 Å². The van der Waals surface area contributed by atoms with Crippen molar-refractivity contribution in [3.8, 4) is 0 Å². The lowest BCUT2D eigenvalue weighted by atomic mass is 10.4. The molecule has 122 valence electrons. The van der Waals surface area contributed by atoms with E-state index >= 15 is 0 Å². The first-order valence-corrected chi connectivity index (χ1v) is 6.19. The van der Waals surface area contributed by atoms with Crippen molar-refractivity contribution in [1.82, 2.24) is 5.32 Å². The number of primary amides is 1. The van der Waals surface area contributed by atoms with Crippen LogP contribution in [0.4, 0.5) is 0 Å². The van der Waals surface area contributed by atoms with Crippen LogP contribution >= 0.6 is 0 Å². The summed E-state index contributed by atoms with van der Waals surface area (Å²) in [6.07, 6.45) is 2.32. The highest BCUT2D eigenvalue weighted by Gasteiger charge is 1.93. The molecule has 0 aliphatic rings. The van der Waals surface area contributed by atoms with E-state index in [9.17, 15) is 19.2 Å². The number of hydrogen-bond acceptors (Lipinski definition) is 4. The molecule has 0 heterocycles. The third-order valence-corrected chi connectivity index (χ3v) is 0.818.